The van der Waals surface area contributed by atoms with E-state index in [-0.39, 0.29) is 18.1 Å². The lowest BCUT2D eigenvalue weighted by Gasteiger charge is -2.37. The van der Waals surface area contributed by atoms with Crippen molar-refractivity contribution in [2.24, 2.45) is 0 Å². The van der Waals surface area contributed by atoms with Crippen LogP contribution in [0.15, 0.2) is 30.6 Å². The van der Waals surface area contributed by atoms with E-state index in [2.05, 4.69) is 20.3 Å². The molecule has 0 bridgehead atoms. The highest BCUT2D eigenvalue weighted by Gasteiger charge is 2.33. The van der Waals surface area contributed by atoms with Crippen LogP contribution in [0.4, 0.5) is 5.95 Å². The van der Waals surface area contributed by atoms with E-state index in [9.17, 15) is 4.79 Å². The van der Waals surface area contributed by atoms with E-state index in [1.807, 2.05) is 38.2 Å². The fourth-order valence-corrected chi connectivity index (χ4v) is 4.00. The molecule has 4 heterocycles. The topological polar surface area (TPSA) is 80.2 Å². The number of anilines is 1. The Hall–Kier alpha value is -2.58. The summed E-state index contributed by atoms with van der Waals surface area (Å²) in [7, 11) is 1.67. The summed E-state index contributed by atoms with van der Waals surface area (Å²) in [5.74, 6) is 0.374. The van der Waals surface area contributed by atoms with Gasteiger partial charge in [0.05, 0.1) is 22.4 Å². The summed E-state index contributed by atoms with van der Waals surface area (Å²) in [5, 5.41) is 3.30. The molecule has 1 unspecified atom stereocenters. The quantitative estimate of drug-likeness (QED) is 0.729. The van der Waals surface area contributed by atoms with Crippen LogP contribution in [0.5, 0.6) is 0 Å². The zero-order valence-corrected chi connectivity index (χ0v) is 16.3. The van der Waals surface area contributed by atoms with Crippen molar-refractivity contribution in [2.45, 2.75) is 26.0 Å². The number of pyridine rings is 1. The molecule has 1 N–H and O–H groups in total. The number of hydrogen-bond donors (Lipinski definition) is 1. The first-order chi connectivity index (χ1) is 13.0. The highest BCUT2D eigenvalue weighted by atomic mass is 32.1. The second-order valence-corrected chi connectivity index (χ2v) is 7.94. The van der Waals surface area contributed by atoms with Crippen molar-refractivity contribution in [1.29, 1.82) is 0 Å². The highest BCUT2D eigenvalue weighted by Crippen LogP contribution is 2.30. The van der Waals surface area contributed by atoms with Crippen molar-refractivity contribution < 1.29 is 9.53 Å². The molecule has 3 aromatic rings. The molecule has 3 aromatic heterocycles. The lowest BCUT2D eigenvalue weighted by Crippen LogP contribution is -2.54. The number of aryl methyl sites for hydroxylation is 1. The van der Waals surface area contributed by atoms with E-state index in [1.54, 1.807) is 29.5 Å². The van der Waals surface area contributed by atoms with E-state index < -0.39 is 0 Å². The van der Waals surface area contributed by atoms with Gasteiger partial charge in [-0.2, -0.15) is 0 Å². The predicted molar refractivity (Wildman–Crippen MR) is 105 cm³/mol. The summed E-state index contributed by atoms with van der Waals surface area (Å²) < 4.78 is 6.11. The number of carbonyl (C=O) groups is 1. The summed E-state index contributed by atoms with van der Waals surface area (Å²) >= 11 is 1.55. The Morgan fingerprint density at radius 3 is 2.93 bits per heavy atom. The number of amides is 1. The number of thiophene rings is 1. The number of nitrogens with zero attached hydrogens (tertiary/aromatic N) is 4. The zero-order valence-electron chi connectivity index (χ0n) is 15.5. The van der Waals surface area contributed by atoms with Gasteiger partial charge in [-0.05, 0) is 31.5 Å². The molecular weight excluding hydrogens is 362 g/mol. The van der Waals surface area contributed by atoms with Crippen molar-refractivity contribution in [3.8, 4) is 0 Å². The molecule has 27 heavy (non-hydrogen) atoms. The molecular formula is C19H21N5O2S. The van der Waals surface area contributed by atoms with Gasteiger partial charge in [0.2, 0.25) is 5.95 Å². The normalized spacial score (nSPS) is 15.6. The number of rotatable bonds is 5. The van der Waals surface area contributed by atoms with Gasteiger partial charge >= 0.3 is 0 Å². The van der Waals surface area contributed by atoms with E-state index in [0.29, 0.717) is 24.7 Å². The average molecular weight is 383 g/mol. The number of ether oxygens (including phenoxy) is 1. The van der Waals surface area contributed by atoms with Gasteiger partial charge in [-0.25, -0.2) is 9.97 Å². The molecule has 0 saturated carbocycles. The first-order valence-electron chi connectivity index (χ1n) is 8.82. The minimum Gasteiger partial charge on any atom is -0.378 e. The van der Waals surface area contributed by atoms with Crippen molar-refractivity contribution in [3.05, 3.63) is 46.7 Å². The molecule has 4 rings (SSSR count). The lowest BCUT2D eigenvalue weighted by atomic mass is 10.1. The Balaban J connectivity index is 1.65. The Bertz CT molecular complexity index is 969. The van der Waals surface area contributed by atoms with E-state index in [1.165, 1.54) is 0 Å². The monoisotopic (exact) mass is 383 g/mol. The third kappa shape index (κ3) is 3.50. The second kappa shape index (κ2) is 7.21. The highest BCUT2D eigenvalue weighted by molar-refractivity contribution is 7.19. The Morgan fingerprint density at radius 1 is 1.41 bits per heavy atom. The van der Waals surface area contributed by atoms with Crippen molar-refractivity contribution >= 4 is 33.4 Å². The van der Waals surface area contributed by atoms with Crippen LogP contribution in [-0.4, -0.2) is 52.1 Å². The van der Waals surface area contributed by atoms with Crippen molar-refractivity contribution in [2.75, 3.05) is 25.5 Å². The number of hydrogen-bond acceptors (Lipinski definition) is 7. The summed E-state index contributed by atoms with van der Waals surface area (Å²) in [6.07, 6.45) is 3.66. The molecule has 1 saturated heterocycles. The van der Waals surface area contributed by atoms with Crippen molar-refractivity contribution in [3.63, 3.8) is 0 Å². The van der Waals surface area contributed by atoms with Gasteiger partial charge in [0.25, 0.3) is 5.91 Å². The van der Waals surface area contributed by atoms with Crippen LogP contribution in [0, 0.1) is 6.92 Å². The van der Waals surface area contributed by atoms with Gasteiger partial charge in [-0.15, -0.1) is 11.3 Å². The van der Waals surface area contributed by atoms with E-state index in [0.717, 1.165) is 20.7 Å². The van der Waals surface area contributed by atoms with Gasteiger partial charge in [0, 0.05) is 37.5 Å². The number of carbonyl (C=O) groups excluding carboxylic acids is 1. The van der Waals surface area contributed by atoms with Crippen LogP contribution in [0.1, 0.15) is 33.9 Å². The zero-order chi connectivity index (χ0) is 19.0. The van der Waals surface area contributed by atoms with Crippen LogP contribution < -0.4 is 5.32 Å². The molecule has 8 heteroatoms. The first kappa shape index (κ1) is 17.8. The Morgan fingerprint density at radius 2 is 2.22 bits per heavy atom. The van der Waals surface area contributed by atoms with Crippen LogP contribution in [0.2, 0.25) is 0 Å². The molecule has 0 radical (unpaired) electrons. The number of nitrogens with one attached hydrogen (secondary N) is 1. The largest absolute Gasteiger partial charge is 0.378 e. The summed E-state index contributed by atoms with van der Waals surface area (Å²) in [5.41, 5.74) is 2.27. The Labute approximate surface area is 161 Å². The van der Waals surface area contributed by atoms with Crippen LogP contribution in [-0.2, 0) is 4.74 Å². The molecule has 0 aliphatic carbocycles. The maximum Gasteiger partial charge on any atom is 0.274 e. The van der Waals surface area contributed by atoms with Gasteiger partial charge in [-0.1, -0.05) is 6.07 Å². The summed E-state index contributed by atoms with van der Waals surface area (Å²) in [6.45, 7) is 5.22. The standard InChI is InChI=1S/C19H21N5O2S/c1-11-7-15-17(27-11)16(18(25)24-9-14(10-24)26-3)23-19(22-15)21-12(2)13-5-4-6-20-8-13/h4-8,12,14H,9-10H2,1-3H3,(H,21,22,23). The van der Waals surface area contributed by atoms with Crippen molar-refractivity contribution in [1.82, 2.24) is 19.9 Å². The minimum atomic E-state index is -0.0744. The average Bonchev–Trinajstić information content (AvgIpc) is 3.00. The van der Waals surface area contributed by atoms with E-state index >= 15 is 0 Å². The van der Waals surface area contributed by atoms with E-state index in [4.69, 9.17) is 4.74 Å². The number of likely N-dealkylation sites (tertiary alicyclic amines) is 1. The van der Waals surface area contributed by atoms with Gasteiger partial charge in [-0.3, -0.25) is 9.78 Å². The fraction of sp³-hybridized carbons (Fsp3) is 0.368. The molecule has 7 nitrogen and oxygen atoms in total. The summed E-state index contributed by atoms with van der Waals surface area (Å²) in [6, 6.07) is 5.85. The van der Waals surface area contributed by atoms with Crippen LogP contribution in [0.25, 0.3) is 10.2 Å². The number of fused-ring (bicyclic) bond motifs is 1. The smallest absolute Gasteiger partial charge is 0.274 e. The molecule has 0 spiro atoms. The predicted octanol–water partition coefficient (Wildman–Crippen LogP) is 3.04. The second-order valence-electron chi connectivity index (χ2n) is 6.69. The van der Waals surface area contributed by atoms with Gasteiger partial charge in [0.15, 0.2) is 5.69 Å². The maximum atomic E-state index is 13.0. The third-order valence-corrected chi connectivity index (χ3v) is 5.74. The molecule has 1 aliphatic rings. The first-order valence-corrected chi connectivity index (χ1v) is 9.63. The van der Waals surface area contributed by atoms with Crippen LogP contribution in [0.3, 0.4) is 0 Å². The SMILES string of the molecule is COC1CN(C(=O)c2nc(NC(C)c3cccnc3)nc3cc(C)sc23)C1. The maximum absolute atomic E-state index is 13.0. The molecule has 1 amide bonds. The summed E-state index contributed by atoms with van der Waals surface area (Å²) in [4.78, 5) is 29.2. The molecule has 1 fully saturated rings. The molecule has 1 aliphatic heterocycles. The third-order valence-electron chi connectivity index (χ3n) is 4.70. The minimum absolute atomic E-state index is 0.0271. The fourth-order valence-electron chi connectivity index (χ4n) is 3.07. The molecule has 0 aromatic carbocycles. The number of aromatic nitrogens is 3. The lowest BCUT2D eigenvalue weighted by molar-refractivity contribution is -0.0193. The molecule has 1 atom stereocenters. The number of methoxy groups -OCH3 is 1. The van der Waals surface area contributed by atoms with Crippen LogP contribution >= 0.6 is 11.3 Å². The van der Waals surface area contributed by atoms with Gasteiger partial charge < -0.3 is 15.0 Å². The van der Waals surface area contributed by atoms with Gasteiger partial charge in [0.1, 0.15) is 0 Å². The molecule has 140 valence electrons. The Kier molecular flexibility index (Phi) is 4.75.